The van der Waals surface area contributed by atoms with Crippen molar-refractivity contribution in [2.24, 2.45) is 0 Å². The highest BCUT2D eigenvalue weighted by Gasteiger charge is 2.25. The summed E-state index contributed by atoms with van der Waals surface area (Å²) in [7, 11) is 0. The lowest BCUT2D eigenvalue weighted by atomic mass is 9.84. The lowest BCUT2D eigenvalue weighted by Crippen LogP contribution is -2.03. The Bertz CT molecular complexity index is 3830. The molecule has 10 aromatic carbocycles. The highest BCUT2D eigenvalue weighted by Crippen LogP contribution is 2.48. The molecule has 64 heavy (non-hydrogen) atoms. The van der Waals surface area contributed by atoms with E-state index in [1.807, 2.05) is 0 Å². The standard InChI is InChI=1S/C59H35N3S2/c1-2-16-36(17-3-1)39-34-50(42-26-12-20-37-18-4-6-22-40(37)42)54(45-27-13-21-38-19-5-7-23-41(38)45)51(35-39)59-61-57(48-30-14-28-46-43-24-8-10-32-52(43)63-55(46)48)60-58(62-59)49-31-15-29-47-44-25-9-11-33-53(44)64-56(47)49/h1-35H. The first-order chi connectivity index (χ1) is 31.7. The maximum absolute atomic E-state index is 5.63. The fourth-order valence-corrected chi connectivity index (χ4v) is 12.0. The Kier molecular flexibility index (Phi) is 8.58. The zero-order chi connectivity index (χ0) is 42.1. The summed E-state index contributed by atoms with van der Waals surface area (Å²) in [4.78, 5) is 16.7. The molecule has 0 bridgehead atoms. The van der Waals surface area contributed by atoms with E-state index in [2.05, 4.69) is 212 Å². The van der Waals surface area contributed by atoms with Crippen LogP contribution in [0.2, 0.25) is 0 Å². The summed E-state index contributed by atoms with van der Waals surface area (Å²) >= 11 is 3.59. The van der Waals surface area contributed by atoms with Crippen molar-refractivity contribution in [3.05, 3.63) is 212 Å². The van der Waals surface area contributed by atoms with Crippen LogP contribution in [0.4, 0.5) is 0 Å². The fourth-order valence-electron chi connectivity index (χ4n) is 9.61. The van der Waals surface area contributed by atoms with Gasteiger partial charge >= 0.3 is 0 Å². The third-order valence-electron chi connectivity index (χ3n) is 12.6. The Balaban J connectivity index is 1.19. The van der Waals surface area contributed by atoms with Crippen LogP contribution in [0.5, 0.6) is 0 Å². The number of nitrogens with zero attached hydrogens (tertiary/aromatic N) is 3. The molecule has 13 aromatic rings. The van der Waals surface area contributed by atoms with E-state index >= 15 is 0 Å². The second-order valence-corrected chi connectivity index (χ2v) is 18.3. The van der Waals surface area contributed by atoms with E-state index in [0.717, 1.165) is 59.5 Å². The van der Waals surface area contributed by atoms with E-state index < -0.39 is 0 Å². The van der Waals surface area contributed by atoms with Crippen molar-refractivity contribution in [1.82, 2.24) is 15.0 Å². The van der Waals surface area contributed by atoms with Gasteiger partial charge in [0.25, 0.3) is 0 Å². The second kappa shape index (κ2) is 14.9. The number of thiophene rings is 2. The molecule has 3 nitrogen and oxygen atoms in total. The van der Waals surface area contributed by atoms with Crippen LogP contribution >= 0.6 is 22.7 Å². The molecule has 0 unspecified atom stereocenters. The molecule has 0 saturated carbocycles. The zero-order valence-electron chi connectivity index (χ0n) is 34.4. The van der Waals surface area contributed by atoms with E-state index in [1.54, 1.807) is 22.7 Å². The highest BCUT2D eigenvalue weighted by atomic mass is 32.1. The van der Waals surface area contributed by atoms with Gasteiger partial charge in [0, 0.05) is 62.6 Å². The van der Waals surface area contributed by atoms with E-state index in [0.29, 0.717) is 17.5 Å². The minimum atomic E-state index is 0.624. The molecule has 0 fully saturated rings. The van der Waals surface area contributed by atoms with Crippen LogP contribution < -0.4 is 0 Å². The largest absolute Gasteiger partial charge is 0.208 e. The first kappa shape index (κ1) is 36.8. The van der Waals surface area contributed by atoms with Crippen LogP contribution in [0.15, 0.2) is 212 Å². The first-order valence-electron chi connectivity index (χ1n) is 21.5. The summed E-state index contributed by atoms with van der Waals surface area (Å²) in [6, 6.07) is 76.4. The van der Waals surface area contributed by atoms with Crippen LogP contribution in [0.1, 0.15) is 0 Å². The van der Waals surface area contributed by atoms with Gasteiger partial charge in [0.1, 0.15) is 0 Å². The molecule has 0 amide bonds. The maximum atomic E-state index is 5.63. The van der Waals surface area contributed by atoms with Gasteiger partial charge in [-0.05, 0) is 85.8 Å². The molecule has 0 radical (unpaired) electrons. The summed E-state index contributed by atoms with van der Waals surface area (Å²) in [5, 5.41) is 9.60. The van der Waals surface area contributed by atoms with E-state index in [4.69, 9.17) is 15.0 Å². The van der Waals surface area contributed by atoms with Gasteiger partial charge in [-0.15, -0.1) is 22.7 Å². The predicted molar refractivity (Wildman–Crippen MR) is 273 cm³/mol. The van der Waals surface area contributed by atoms with Crippen LogP contribution in [0, 0.1) is 0 Å². The Hall–Kier alpha value is -7.83. The maximum Gasteiger partial charge on any atom is 0.165 e. The first-order valence-corrected chi connectivity index (χ1v) is 23.1. The van der Waals surface area contributed by atoms with Gasteiger partial charge in [-0.25, -0.2) is 15.0 Å². The fraction of sp³-hybridized carbons (Fsp3) is 0. The van der Waals surface area contributed by atoms with Crippen molar-refractivity contribution in [2.75, 3.05) is 0 Å². The molecule has 0 aliphatic rings. The molecular formula is C59H35N3S2. The minimum Gasteiger partial charge on any atom is -0.208 e. The highest BCUT2D eigenvalue weighted by molar-refractivity contribution is 7.26. The summed E-state index contributed by atoms with van der Waals surface area (Å²) in [5.74, 6) is 1.92. The molecule has 3 heterocycles. The molecular weight excluding hydrogens is 815 g/mol. The van der Waals surface area contributed by atoms with Gasteiger partial charge in [0.2, 0.25) is 0 Å². The van der Waals surface area contributed by atoms with Gasteiger partial charge in [-0.1, -0.05) is 176 Å². The van der Waals surface area contributed by atoms with Crippen molar-refractivity contribution in [3.63, 3.8) is 0 Å². The monoisotopic (exact) mass is 849 g/mol. The van der Waals surface area contributed by atoms with Gasteiger partial charge in [-0.2, -0.15) is 0 Å². The average molecular weight is 850 g/mol. The molecule has 0 N–H and O–H groups in total. The molecule has 298 valence electrons. The zero-order valence-corrected chi connectivity index (χ0v) is 36.0. The van der Waals surface area contributed by atoms with Crippen molar-refractivity contribution in [3.8, 4) is 67.5 Å². The number of hydrogen-bond donors (Lipinski definition) is 0. The van der Waals surface area contributed by atoms with Gasteiger partial charge in [0.05, 0.1) is 0 Å². The van der Waals surface area contributed by atoms with Crippen LogP contribution in [-0.2, 0) is 0 Å². The van der Waals surface area contributed by atoms with Crippen molar-refractivity contribution in [1.29, 1.82) is 0 Å². The van der Waals surface area contributed by atoms with E-state index in [9.17, 15) is 0 Å². The van der Waals surface area contributed by atoms with Crippen molar-refractivity contribution >= 4 is 84.6 Å². The van der Waals surface area contributed by atoms with Crippen LogP contribution in [-0.4, -0.2) is 15.0 Å². The lowest BCUT2D eigenvalue weighted by Gasteiger charge is -2.21. The molecule has 0 spiro atoms. The van der Waals surface area contributed by atoms with E-state index in [-0.39, 0.29) is 0 Å². The molecule has 5 heteroatoms. The molecule has 13 rings (SSSR count). The minimum absolute atomic E-state index is 0.624. The van der Waals surface area contributed by atoms with Gasteiger partial charge in [-0.3, -0.25) is 0 Å². The molecule has 0 aliphatic heterocycles. The summed E-state index contributed by atoms with van der Waals surface area (Å²) in [6.45, 7) is 0. The summed E-state index contributed by atoms with van der Waals surface area (Å²) in [6.07, 6.45) is 0. The third-order valence-corrected chi connectivity index (χ3v) is 15.0. The SMILES string of the molecule is c1ccc(-c2cc(-c3nc(-c4cccc5c4sc4ccccc45)nc(-c4cccc5c4sc4ccccc45)n3)c(-c3cccc4ccccc34)c(-c3cccc4ccccc34)c2)cc1. The number of benzene rings is 10. The van der Waals surface area contributed by atoms with Crippen LogP contribution in [0.3, 0.4) is 0 Å². The molecule has 3 aromatic heterocycles. The molecule has 0 aliphatic carbocycles. The van der Waals surface area contributed by atoms with Gasteiger partial charge in [0.15, 0.2) is 17.5 Å². The Morgan fingerprint density at radius 1 is 0.266 bits per heavy atom. The summed E-state index contributed by atoms with van der Waals surface area (Å²) in [5.41, 5.74) is 9.61. The quantitative estimate of drug-likeness (QED) is 0.167. The predicted octanol–water partition coefficient (Wildman–Crippen LogP) is 16.9. The number of fused-ring (bicyclic) bond motifs is 8. The van der Waals surface area contributed by atoms with Crippen LogP contribution in [0.25, 0.3) is 129 Å². The summed E-state index contributed by atoms with van der Waals surface area (Å²) < 4.78 is 4.80. The second-order valence-electron chi connectivity index (χ2n) is 16.2. The molecule has 0 atom stereocenters. The van der Waals surface area contributed by atoms with E-state index in [1.165, 1.54) is 52.5 Å². The molecule has 0 saturated heterocycles. The lowest BCUT2D eigenvalue weighted by molar-refractivity contribution is 1.08. The average Bonchev–Trinajstić information content (AvgIpc) is 3.95. The Morgan fingerprint density at radius 2 is 0.672 bits per heavy atom. The van der Waals surface area contributed by atoms with Crippen molar-refractivity contribution < 1.29 is 0 Å². The number of rotatable bonds is 6. The van der Waals surface area contributed by atoms with Gasteiger partial charge < -0.3 is 0 Å². The number of aromatic nitrogens is 3. The topological polar surface area (TPSA) is 38.7 Å². The smallest absolute Gasteiger partial charge is 0.165 e. The Labute approximate surface area is 377 Å². The third kappa shape index (κ3) is 5.97. The van der Waals surface area contributed by atoms with Crippen molar-refractivity contribution in [2.45, 2.75) is 0 Å². The normalized spacial score (nSPS) is 11.8. The Morgan fingerprint density at radius 3 is 1.27 bits per heavy atom. The number of hydrogen-bond acceptors (Lipinski definition) is 5.